The number of hydrogen-bond acceptors (Lipinski definition) is 3. The Kier molecular flexibility index (Phi) is 4.25. The molecule has 0 aromatic rings. The van der Waals surface area contributed by atoms with Gasteiger partial charge in [0.05, 0.1) is 13.2 Å². The molecule has 0 saturated carbocycles. The Bertz CT molecular complexity index is 98.6. The SMILES string of the molecule is COCCN(S)C(N)=O. The van der Waals surface area contributed by atoms with Gasteiger partial charge in [0, 0.05) is 7.11 Å². The number of primary amides is 1. The molecule has 0 aliphatic rings. The van der Waals surface area contributed by atoms with E-state index in [9.17, 15) is 4.79 Å². The second kappa shape index (κ2) is 4.46. The van der Waals surface area contributed by atoms with Crippen LogP contribution in [0.1, 0.15) is 0 Å². The van der Waals surface area contributed by atoms with Crippen LogP contribution in [0.2, 0.25) is 0 Å². The summed E-state index contributed by atoms with van der Waals surface area (Å²) in [5.74, 6) is 0. The molecule has 0 saturated heterocycles. The lowest BCUT2D eigenvalue weighted by Crippen LogP contribution is -2.30. The number of nitrogens with zero attached hydrogens (tertiary/aromatic N) is 1. The van der Waals surface area contributed by atoms with Crippen molar-refractivity contribution in [2.45, 2.75) is 0 Å². The number of urea groups is 1. The first-order valence-corrected chi connectivity index (χ1v) is 2.83. The minimum Gasteiger partial charge on any atom is -0.383 e. The van der Waals surface area contributed by atoms with Gasteiger partial charge in [0.15, 0.2) is 0 Å². The van der Waals surface area contributed by atoms with Crippen molar-refractivity contribution in [2.75, 3.05) is 20.3 Å². The molecule has 4 nitrogen and oxygen atoms in total. The van der Waals surface area contributed by atoms with E-state index >= 15 is 0 Å². The Labute approximate surface area is 59.5 Å². The lowest BCUT2D eigenvalue weighted by molar-refractivity contribution is 0.181. The van der Waals surface area contributed by atoms with E-state index in [4.69, 9.17) is 5.73 Å². The maximum Gasteiger partial charge on any atom is 0.324 e. The minimum absolute atomic E-state index is 0.412. The van der Waals surface area contributed by atoms with Crippen LogP contribution < -0.4 is 5.73 Å². The van der Waals surface area contributed by atoms with Crippen LogP contribution >= 0.6 is 12.8 Å². The van der Waals surface area contributed by atoms with E-state index in [1.54, 1.807) is 7.11 Å². The zero-order valence-corrected chi connectivity index (χ0v) is 6.10. The average Bonchev–Trinajstić information content (AvgIpc) is 1.82. The highest BCUT2D eigenvalue weighted by atomic mass is 32.1. The average molecular weight is 150 g/mol. The Hall–Kier alpha value is -0.420. The van der Waals surface area contributed by atoms with Crippen LogP contribution in [0.25, 0.3) is 0 Å². The van der Waals surface area contributed by atoms with Gasteiger partial charge in [-0.25, -0.2) is 4.79 Å². The zero-order chi connectivity index (χ0) is 7.28. The summed E-state index contributed by atoms with van der Waals surface area (Å²) in [6.07, 6.45) is 0. The number of carbonyl (C=O) groups is 1. The first-order valence-electron chi connectivity index (χ1n) is 2.43. The summed E-state index contributed by atoms with van der Waals surface area (Å²) in [6.45, 7) is 0.862. The highest BCUT2D eigenvalue weighted by Gasteiger charge is 2.00. The Balaban J connectivity index is 3.27. The van der Waals surface area contributed by atoms with Crippen molar-refractivity contribution in [1.29, 1.82) is 0 Å². The molecular weight excluding hydrogens is 140 g/mol. The number of thiol groups is 1. The summed E-state index contributed by atoms with van der Waals surface area (Å²) in [6, 6.07) is -0.560. The van der Waals surface area contributed by atoms with E-state index in [0.29, 0.717) is 13.2 Å². The van der Waals surface area contributed by atoms with Gasteiger partial charge in [0.1, 0.15) is 0 Å². The molecule has 0 aliphatic heterocycles. The van der Waals surface area contributed by atoms with Crippen molar-refractivity contribution in [1.82, 2.24) is 4.31 Å². The van der Waals surface area contributed by atoms with E-state index in [1.165, 1.54) is 0 Å². The van der Waals surface area contributed by atoms with Crippen molar-refractivity contribution >= 4 is 18.8 Å². The predicted octanol–water partition coefficient (Wildman–Crippen LogP) is -0.142. The topological polar surface area (TPSA) is 55.6 Å². The van der Waals surface area contributed by atoms with Gasteiger partial charge in [-0.15, -0.1) is 0 Å². The molecule has 0 heterocycles. The molecule has 0 aromatic heterocycles. The molecule has 0 spiro atoms. The van der Waals surface area contributed by atoms with Gasteiger partial charge < -0.3 is 10.5 Å². The van der Waals surface area contributed by atoms with E-state index in [-0.39, 0.29) is 0 Å². The summed E-state index contributed by atoms with van der Waals surface area (Å²) < 4.78 is 5.75. The number of ether oxygens (including phenoxy) is 1. The number of methoxy groups -OCH3 is 1. The monoisotopic (exact) mass is 150 g/mol. The third kappa shape index (κ3) is 4.11. The van der Waals surface area contributed by atoms with Crippen molar-refractivity contribution in [2.24, 2.45) is 5.73 Å². The zero-order valence-electron chi connectivity index (χ0n) is 5.20. The fourth-order valence-corrected chi connectivity index (χ4v) is 0.370. The van der Waals surface area contributed by atoms with Crippen molar-refractivity contribution in [3.63, 3.8) is 0 Å². The third-order valence-corrected chi connectivity index (χ3v) is 1.16. The second-order valence-electron chi connectivity index (χ2n) is 1.45. The fraction of sp³-hybridized carbons (Fsp3) is 0.750. The first-order chi connectivity index (χ1) is 4.18. The molecule has 0 unspecified atom stereocenters. The molecular formula is C4H10N2O2S. The molecule has 0 atom stereocenters. The van der Waals surface area contributed by atoms with E-state index in [2.05, 4.69) is 17.6 Å². The molecule has 5 heteroatoms. The van der Waals surface area contributed by atoms with Gasteiger partial charge in [-0.05, 0) is 0 Å². The fourth-order valence-electron chi connectivity index (χ4n) is 0.288. The number of hydrogen-bond donors (Lipinski definition) is 2. The second-order valence-corrected chi connectivity index (χ2v) is 1.94. The Morgan fingerprint density at radius 2 is 2.44 bits per heavy atom. The third-order valence-electron chi connectivity index (χ3n) is 0.762. The van der Waals surface area contributed by atoms with Crippen LogP contribution in [0, 0.1) is 0 Å². The molecule has 0 radical (unpaired) electrons. The van der Waals surface area contributed by atoms with E-state index in [1.807, 2.05) is 0 Å². The number of nitrogens with two attached hydrogens (primary N) is 1. The molecule has 2 N–H and O–H groups in total. The molecule has 9 heavy (non-hydrogen) atoms. The van der Waals surface area contributed by atoms with Gasteiger partial charge >= 0.3 is 6.03 Å². The van der Waals surface area contributed by atoms with Gasteiger partial charge in [0.2, 0.25) is 0 Å². The molecule has 0 aliphatic carbocycles. The highest BCUT2D eigenvalue weighted by molar-refractivity contribution is 7.78. The van der Waals surface area contributed by atoms with Crippen LogP contribution in [-0.4, -0.2) is 30.6 Å². The normalized spacial score (nSPS) is 9.11. The quantitative estimate of drug-likeness (QED) is 0.550. The van der Waals surface area contributed by atoms with E-state index < -0.39 is 6.03 Å². The van der Waals surface area contributed by atoms with Crippen molar-refractivity contribution < 1.29 is 9.53 Å². The van der Waals surface area contributed by atoms with Crippen LogP contribution in [0.4, 0.5) is 4.79 Å². The van der Waals surface area contributed by atoms with Gasteiger partial charge in [0.25, 0.3) is 0 Å². The maximum atomic E-state index is 10.2. The van der Waals surface area contributed by atoms with Crippen molar-refractivity contribution in [3.05, 3.63) is 0 Å². The smallest absolute Gasteiger partial charge is 0.324 e. The lowest BCUT2D eigenvalue weighted by Gasteiger charge is -2.10. The maximum absolute atomic E-state index is 10.2. The van der Waals surface area contributed by atoms with Crippen LogP contribution in [0.3, 0.4) is 0 Å². The largest absolute Gasteiger partial charge is 0.383 e. The molecule has 0 fully saturated rings. The summed E-state index contributed by atoms with van der Waals surface area (Å²) in [5.41, 5.74) is 4.83. The van der Waals surface area contributed by atoms with E-state index in [0.717, 1.165) is 4.31 Å². The first kappa shape index (κ1) is 8.58. The number of carbonyl (C=O) groups excluding carboxylic acids is 1. The summed E-state index contributed by atoms with van der Waals surface area (Å²) in [7, 11) is 1.54. The van der Waals surface area contributed by atoms with Crippen LogP contribution in [-0.2, 0) is 4.74 Å². The summed E-state index contributed by atoms with van der Waals surface area (Å²) in [5, 5.41) is 0. The number of rotatable bonds is 3. The van der Waals surface area contributed by atoms with Gasteiger partial charge in [-0.2, -0.15) is 0 Å². The molecule has 0 rings (SSSR count). The standard InChI is InChI=1S/C4H10N2O2S/c1-8-3-2-6(9)4(5)7/h9H,2-3H2,1H3,(H2,5,7). The minimum atomic E-state index is -0.560. The molecule has 0 bridgehead atoms. The highest BCUT2D eigenvalue weighted by Crippen LogP contribution is 1.89. The number of amides is 2. The lowest BCUT2D eigenvalue weighted by atomic mass is 10.7. The molecule has 54 valence electrons. The Morgan fingerprint density at radius 3 is 2.78 bits per heavy atom. The van der Waals surface area contributed by atoms with Crippen LogP contribution in [0.15, 0.2) is 0 Å². The Morgan fingerprint density at radius 1 is 1.89 bits per heavy atom. The van der Waals surface area contributed by atoms with Crippen LogP contribution in [0.5, 0.6) is 0 Å². The molecule has 0 aromatic carbocycles. The van der Waals surface area contributed by atoms with Crippen molar-refractivity contribution in [3.8, 4) is 0 Å². The summed E-state index contributed by atoms with van der Waals surface area (Å²) in [4.78, 5) is 10.2. The summed E-state index contributed by atoms with van der Waals surface area (Å²) >= 11 is 3.74. The van der Waals surface area contributed by atoms with Gasteiger partial charge in [-0.3, -0.25) is 4.31 Å². The molecule has 2 amide bonds. The van der Waals surface area contributed by atoms with Gasteiger partial charge in [-0.1, -0.05) is 12.8 Å². The predicted molar refractivity (Wildman–Crippen MR) is 37.2 cm³/mol.